The van der Waals surface area contributed by atoms with Gasteiger partial charge < -0.3 is 4.57 Å². The van der Waals surface area contributed by atoms with Crippen LogP contribution in [-0.2, 0) is 7.05 Å². The number of nitrogens with one attached hydrogen (secondary N) is 1. The van der Waals surface area contributed by atoms with Gasteiger partial charge in [0.1, 0.15) is 0 Å². The van der Waals surface area contributed by atoms with Crippen molar-refractivity contribution in [1.29, 1.82) is 5.41 Å². The number of hydrogen-bond donors (Lipinski definition) is 1. The number of aromatic nitrogens is 1. The van der Waals surface area contributed by atoms with Crippen LogP contribution < -0.4 is 4.80 Å². The normalized spacial score (nSPS) is 11.3. The van der Waals surface area contributed by atoms with Crippen LogP contribution in [0.15, 0.2) is 36.4 Å². The van der Waals surface area contributed by atoms with Gasteiger partial charge in [0.2, 0.25) is 0 Å². The van der Waals surface area contributed by atoms with Crippen molar-refractivity contribution < 1.29 is 0 Å². The first kappa shape index (κ1) is 8.68. The van der Waals surface area contributed by atoms with E-state index < -0.39 is 0 Å². The Bertz CT molecular complexity index is 706. The van der Waals surface area contributed by atoms with Crippen LogP contribution in [-0.4, -0.2) is 4.57 Å². The molecular formula is C12H10N2S. The maximum Gasteiger partial charge on any atom is 0.182 e. The van der Waals surface area contributed by atoms with E-state index in [-0.39, 0.29) is 0 Å². The highest BCUT2D eigenvalue weighted by Gasteiger charge is 2.04. The summed E-state index contributed by atoms with van der Waals surface area (Å²) >= 11 is 1.54. The number of fused-ring (bicyclic) bond motifs is 3. The Morgan fingerprint density at radius 2 is 1.93 bits per heavy atom. The molecule has 3 aromatic rings. The van der Waals surface area contributed by atoms with Crippen molar-refractivity contribution in [2.45, 2.75) is 0 Å². The average Bonchev–Trinajstić information content (AvgIpc) is 2.56. The molecule has 1 aromatic heterocycles. The molecule has 0 saturated carbocycles. The quantitative estimate of drug-likeness (QED) is 0.596. The number of nitrogens with zero attached hydrogens (tertiary/aromatic N) is 1. The van der Waals surface area contributed by atoms with Crippen LogP contribution in [0.5, 0.6) is 0 Å². The van der Waals surface area contributed by atoms with Crippen molar-refractivity contribution in [2.75, 3.05) is 0 Å². The fourth-order valence-electron chi connectivity index (χ4n) is 1.88. The van der Waals surface area contributed by atoms with Gasteiger partial charge in [-0.25, -0.2) is 0 Å². The Morgan fingerprint density at radius 3 is 2.80 bits per heavy atom. The molecule has 0 atom stereocenters. The van der Waals surface area contributed by atoms with Crippen molar-refractivity contribution in [3.05, 3.63) is 41.2 Å². The third kappa shape index (κ3) is 1.13. The number of hydrogen-bond acceptors (Lipinski definition) is 2. The monoisotopic (exact) mass is 214 g/mol. The summed E-state index contributed by atoms with van der Waals surface area (Å²) in [5.41, 5.74) is 1.14. The summed E-state index contributed by atoms with van der Waals surface area (Å²) in [6, 6.07) is 12.5. The smallest absolute Gasteiger partial charge is 0.182 e. The molecule has 3 heteroatoms. The standard InChI is InChI=1S/C12H10N2S/c1-14-10-7-6-8-4-2-3-5-9(8)11(10)15-12(14)13/h2-7,13H,1H3. The molecule has 15 heavy (non-hydrogen) atoms. The van der Waals surface area contributed by atoms with E-state index in [0.717, 1.165) is 5.52 Å². The predicted octanol–water partition coefficient (Wildman–Crippen LogP) is 2.87. The van der Waals surface area contributed by atoms with Crippen molar-refractivity contribution in [1.82, 2.24) is 4.57 Å². The van der Waals surface area contributed by atoms with Crippen LogP contribution in [0.2, 0.25) is 0 Å². The minimum absolute atomic E-state index is 0.598. The maximum atomic E-state index is 7.80. The second-order valence-electron chi connectivity index (χ2n) is 3.60. The van der Waals surface area contributed by atoms with Gasteiger partial charge in [0.15, 0.2) is 4.80 Å². The van der Waals surface area contributed by atoms with E-state index in [1.165, 1.54) is 26.8 Å². The number of thiazole rings is 1. The van der Waals surface area contributed by atoms with Crippen molar-refractivity contribution in [3.8, 4) is 0 Å². The summed E-state index contributed by atoms with van der Waals surface area (Å²) < 4.78 is 3.13. The van der Waals surface area contributed by atoms with Crippen molar-refractivity contribution in [2.24, 2.45) is 7.05 Å². The molecule has 3 rings (SSSR count). The second-order valence-corrected chi connectivity index (χ2v) is 4.60. The predicted molar refractivity (Wildman–Crippen MR) is 64.2 cm³/mol. The van der Waals surface area contributed by atoms with Crippen LogP contribution in [0, 0.1) is 5.41 Å². The highest BCUT2D eigenvalue weighted by Crippen LogP contribution is 2.26. The number of rotatable bonds is 0. The van der Waals surface area contributed by atoms with Gasteiger partial charge >= 0.3 is 0 Å². The third-order valence-corrected chi connectivity index (χ3v) is 3.82. The first-order valence-electron chi connectivity index (χ1n) is 4.79. The summed E-state index contributed by atoms with van der Waals surface area (Å²) in [5.74, 6) is 0. The van der Waals surface area contributed by atoms with Gasteiger partial charge in [-0.2, -0.15) is 0 Å². The van der Waals surface area contributed by atoms with Gasteiger partial charge in [-0.1, -0.05) is 41.7 Å². The van der Waals surface area contributed by atoms with Crippen LogP contribution in [0.25, 0.3) is 21.0 Å². The number of aryl methyl sites for hydroxylation is 1. The maximum absolute atomic E-state index is 7.80. The summed E-state index contributed by atoms with van der Waals surface area (Å²) in [4.78, 5) is 0.598. The van der Waals surface area contributed by atoms with Gasteiger partial charge in [0.25, 0.3) is 0 Å². The molecular weight excluding hydrogens is 204 g/mol. The van der Waals surface area contributed by atoms with Crippen LogP contribution in [0.3, 0.4) is 0 Å². The zero-order valence-electron chi connectivity index (χ0n) is 8.32. The summed E-state index contributed by atoms with van der Waals surface area (Å²) in [6.45, 7) is 0. The molecule has 0 spiro atoms. The van der Waals surface area contributed by atoms with E-state index in [1.807, 2.05) is 23.7 Å². The zero-order chi connectivity index (χ0) is 10.4. The Labute approximate surface area is 90.9 Å². The number of benzene rings is 2. The van der Waals surface area contributed by atoms with Gasteiger partial charge in [0.05, 0.1) is 10.2 Å². The molecule has 1 heterocycles. The fourth-order valence-corrected chi connectivity index (χ4v) is 2.91. The van der Waals surface area contributed by atoms with E-state index in [9.17, 15) is 0 Å². The molecule has 0 bridgehead atoms. The minimum atomic E-state index is 0.598. The van der Waals surface area contributed by atoms with Gasteiger partial charge in [-0.15, -0.1) is 0 Å². The summed E-state index contributed by atoms with van der Waals surface area (Å²) in [6.07, 6.45) is 0. The lowest BCUT2D eigenvalue weighted by atomic mass is 10.1. The first-order chi connectivity index (χ1) is 7.27. The van der Waals surface area contributed by atoms with Crippen LogP contribution in [0.1, 0.15) is 0 Å². The SMILES string of the molecule is Cn1c(=N)sc2c3ccccc3ccc21. The van der Waals surface area contributed by atoms with Crippen LogP contribution in [0.4, 0.5) is 0 Å². The lowest BCUT2D eigenvalue weighted by Crippen LogP contribution is -2.06. The summed E-state index contributed by atoms with van der Waals surface area (Å²) in [7, 11) is 1.94. The lowest BCUT2D eigenvalue weighted by molar-refractivity contribution is 0.894. The van der Waals surface area contributed by atoms with Gasteiger partial charge in [-0.05, 0) is 11.5 Å². The average molecular weight is 214 g/mol. The van der Waals surface area contributed by atoms with E-state index >= 15 is 0 Å². The van der Waals surface area contributed by atoms with Crippen LogP contribution >= 0.6 is 11.3 Å². The van der Waals surface area contributed by atoms with E-state index in [4.69, 9.17) is 5.41 Å². The Morgan fingerprint density at radius 1 is 1.13 bits per heavy atom. The highest BCUT2D eigenvalue weighted by molar-refractivity contribution is 7.17. The first-order valence-corrected chi connectivity index (χ1v) is 5.61. The molecule has 2 nitrogen and oxygen atoms in total. The van der Waals surface area contributed by atoms with E-state index in [1.54, 1.807) is 0 Å². The summed E-state index contributed by atoms with van der Waals surface area (Å²) in [5, 5.41) is 10.3. The molecule has 0 unspecified atom stereocenters. The Balaban J connectivity index is 2.66. The molecule has 0 radical (unpaired) electrons. The fraction of sp³-hybridized carbons (Fsp3) is 0.0833. The zero-order valence-corrected chi connectivity index (χ0v) is 9.14. The molecule has 0 aliphatic rings. The molecule has 0 fully saturated rings. The van der Waals surface area contributed by atoms with Crippen molar-refractivity contribution in [3.63, 3.8) is 0 Å². The van der Waals surface area contributed by atoms with Gasteiger partial charge in [-0.3, -0.25) is 5.41 Å². The second kappa shape index (κ2) is 2.94. The molecule has 0 aliphatic heterocycles. The Hall–Kier alpha value is -1.61. The molecule has 0 aliphatic carbocycles. The molecule has 2 aromatic carbocycles. The van der Waals surface area contributed by atoms with Gasteiger partial charge in [0, 0.05) is 12.4 Å². The topological polar surface area (TPSA) is 28.8 Å². The molecule has 1 N–H and O–H groups in total. The Kier molecular flexibility index (Phi) is 1.70. The highest BCUT2D eigenvalue weighted by atomic mass is 32.1. The van der Waals surface area contributed by atoms with E-state index in [2.05, 4.69) is 24.3 Å². The minimum Gasteiger partial charge on any atom is -0.320 e. The van der Waals surface area contributed by atoms with Crippen molar-refractivity contribution >= 4 is 32.3 Å². The molecule has 74 valence electrons. The van der Waals surface area contributed by atoms with E-state index in [0.29, 0.717) is 4.80 Å². The molecule has 0 amide bonds. The third-order valence-electron chi connectivity index (χ3n) is 2.72. The lowest BCUT2D eigenvalue weighted by Gasteiger charge is -1.99. The largest absolute Gasteiger partial charge is 0.320 e. The molecule has 0 saturated heterocycles.